The fourth-order valence-corrected chi connectivity index (χ4v) is 1.21. The highest BCUT2D eigenvalue weighted by Gasteiger charge is 1.83. The van der Waals surface area contributed by atoms with E-state index in [0.29, 0.717) is 6.42 Å². The van der Waals surface area contributed by atoms with E-state index in [-0.39, 0.29) is 0 Å². The number of carbonyl (C=O) groups is 1. The Bertz CT molecular complexity index is 109. The second-order valence-electron chi connectivity index (χ2n) is 3.38. The number of carbonyl (C=O) groups excluding carboxylic acids is 1. The van der Waals surface area contributed by atoms with Crippen molar-refractivity contribution >= 4 is 18.9 Å². The van der Waals surface area contributed by atoms with Crippen molar-refractivity contribution in [2.75, 3.05) is 18.8 Å². The Labute approximate surface area is 99.4 Å². The third kappa shape index (κ3) is 24.9. The van der Waals surface area contributed by atoms with Gasteiger partial charge in [0.15, 0.2) is 0 Å². The zero-order chi connectivity index (χ0) is 11.8. The van der Waals surface area contributed by atoms with Gasteiger partial charge in [0.25, 0.3) is 0 Å². The lowest BCUT2D eigenvalue weighted by Gasteiger charge is -1.91. The standard InChI is InChI=1S/C6H12OS.C5H14N2/c7-5-3-1-2-4-6-8;6-4-2-1-3-5-7/h5,8H,1-4,6H2;1-7H2. The van der Waals surface area contributed by atoms with Crippen molar-refractivity contribution in [2.45, 2.75) is 44.9 Å². The second-order valence-corrected chi connectivity index (χ2v) is 3.82. The van der Waals surface area contributed by atoms with Crippen molar-refractivity contribution in [3.05, 3.63) is 0 Å². The third-order valence-electron chi connectivity index (χ3n) is 1.89. The summed E-state index contributed by atoms with van der Waals surface area (Å²) in [6, 6.07) is 0. The minimum absolute atomic E-state index is 0.716. The Morgan fingerprint density at radius 3 is 1.80 bits per heavy atom. The topological polar surface area (TPSA) is 69.1 Å². The molecule has 0 aliphatic carbocycles. The van der Waals surface area contributed by atoms with Crippen molar-refractivity contribution in [3.63, 3.8) is 0 Å². The van der Waals surface area contributed by atoms with E-state index < -0.39 is 0 Å². The van der Waals surface area contributed by atoms with Gasteiger partial charge in [-0.3, -0.25) is 0 Å². The first kappa shape index (κ1) is 17.3. The monoisotopic (exact) mass is 234 g/mol. The number of nitrogens with two attached hydrogens (primary N) is 2. The average Bonchev–Trinajstić information content (AvgIpc) is 2.26. The van der Waals surface area contributed by atoms with Crippen LogP contribution in [0.3, 0.4) is 0 Å². The van der Waals surface area contributed by atoms with Gasteiger partial charge in [0.2, 0.25) is 0 Å². The minimum Gasteiger partial charge on any atom is -0.330 e. The van der Waals surface area contributed by atoms with E-state index in [1.165, 1.54) is 6.42 Å². The van der Waals surface area contributed by atoms with Crippen LogP contribution in [0.4, 0.5) is 0 Å². The van der Waals surface area contributed by atoms with Crippen LogP contribution in [0.2, 0.25) is 0 Å². The average molecular weight is 234 g/mol. The molecule has 0 saturated carbocycles. The lowest BCUT2D eigenvalue weighted by Crippen LogP contribution is -2.02. The van der Waals surface area contributed by atoms with Crippen LogP contribution >= 0.6 is 12.6 Å². The minimum atomic E-state index is 0.716. The van der Waals surface area contributed by atoms with Gasteiger partial charge in [-0.2, -0.15) is 12.6 Å². The zero-order valence-electron chi connectivity index (χ0n) is 9.66. The molecule has 0 aromatic rings. The van der Waals surface area contributed by atoms with Crippen molar-refractivity contribution < 1.29 is 4.79 Å². The highest BCUT2D eigenvalue weighted by Crippen LogP contribution is 1.97. The first-order valence-electron chi connectivity index (χ1n) is 5.78. The molecule has 0 atom stereocenters. The van der Waals surface area contributed by atoms with E-state index in [2.05, 4.69) is 12.6 Å². The summed E-state index contributed by atoms with van der Waals surface area (Å²) in [5.74, 6) is 0.943. The van der Waals surface area contributed by atoms with Crippen LogP contribution in [-0.2, 0) is 4.79 Å². The van der Waals surface area contributed by atoms with Crippen molar-refractivity contribution in [3.8, 4) is 0 Å². The Kier molecular flexibility index (Phi) is 22.5. The van der Waals surface area contributed by atoms with Gasteiger partial charge in [0.1, 0.15) is 6.29 Å². The molecule has 3 nitrogen and oxygen atoms in total. The van der Waals surface area contributed by atoms with E-state index in [4.69, 9.17) is 11.5 Å². The third-order valence-corrected chi connectivity index (χ3v) is 2.20. The SMILES string of the molecule is NCCCCCN.O=CCCCCCS. The Balaban J connectivity index is 0. The van der Waals surface area contributed by atoms with Gasteiger partial charge in [-0.25, -0.2) is 0 Å². The molecular weight excluding hydrogens is 208 g/mol. The van der Waals surface area contributed by atoms with Crippen LogP contribution in [0, 0.1) is 0 Å². The van der Waals surface area contributed by atoms with E-state index >= 15 is 0 Å². The molecular formula is C11H26N2OS. The molecule has 92 valence electrons. The highest BCUT2D eigenvalue weighted by atomic mass is 32.1. The molecule has 0 aliphatic rings. The Hall–Kier alpha value is -0.0600. The summed E-state index contributed by atoms with van der Waals surface area (Å²) in [5, 5.41) is 0. The largest absolute Gasteiger partial charge is 0.330 e. The van der Waals surface area contributed by atoms with E-state index in [1.54, 1.807) is 0 Å². The molecule has 0 rings (SSSR count). The second kappa shape index (κ2) is 19.5. The maximum absolute atomic E-state index is 9.75. The summed E-state index contributed by atoms with van der Waals surface area (Å²) in [7, 11) is 0. The molecule has 4 heteroatoms. The van der Waals surface area contributed by atoms with Gasteiger partial charge >= 0.3 is 0 Å². The van der Waals surface area contributed by atoms with Crippen LogP contribution in [0.25, 0.3) is 0 Å². The predicted octanol–water partition coefficient (Wildman–Crippen LogP) is 1.75. The number of aldehydes is 1. The number of rotatable bonds is 9. The van der Waals surface area contributed by atoms with Crippen molar-refractivity contribution in [2.24, 2.45) is 11.5 Å². The Morgan fingerprint density at radius 2 is 1.40 bits per heavy atom. The molecule has 4 N–H and O–H groups in total. The Morgan fingerprint density at radius 1 is 0.867 bits per heavy atom. The van der Waals surface area contributed by atoms with Gasteiger partial charge < -0.3 is 16.3 Å². The maximum atomic E-state index is 9.75. The molecule has 0 saturated heterocycles. The molecule has 0 spiro atoms. The summed E-state index contributed by atoms with van der Waals surface area (Å²) in [5.41, 5.74) is 10.5. The fraction of sp³-hybridized carbons (Fsp3) is 0.909. The number of thiol groups is 1. The molecule has 0 aromatic heterocycles. The van der Waals surface area contributed by atoms with Gasteiger partial charge in [0.05, 0.1) is 0 Å². The van der Waals surface area contributed by atoms with Crippen LogP contribution in [-0.4, -0.2) is 25.1 Å². The van der Waals surface area contributed by atoms with E-state index in [1.807, 2.05) is 0 Å². The molecule has 0 amide bonds. The molecule has 0 fully saturated rings. The smallest absolute Gasteiger partial charge is 0.119 e. The number of hydrogen-bond acceptors (Lipinski definition) is 4. The van der Waals surface area contributed by atoms with E-state index in [0.717, 1.165) is 57.2 Å². The predicted molar refractivity (Wildman–Crippen MR) is 70.3 cm³/mol. The molecule has 0 radical (unpaired) electrons. The quantitative estimate of drug-likeness (QED) is 0.323. The molecule has 0 unspecified atom stereocenters. The highest BCUT2D eigenvalue weighted by molar-refractivity contribution is 7.80. The van der Waals surface area contributed by atoms with Crippen LogP contribution < -0.4 is 11.5 Å². The summed E-state index contributed by atoms with van der Waals surface area (Å²) < 4.78 is 0. The lowest BCUT2D eigenvalue weighted by molar-refractivity contribution is -0.107. The zero-order valence-corrected chi connectivity index (χ0v) is 10.6. The number of unbranched alkanes of at least 4 members (excludes halogenated alkanes) is 5. The normalized spacial score (nSPS) is 9.27. The van der Waals surface area contributed by atoms with Gasteiger partial charge in [-0.1, -0.05) is 12.8 Å². The van der Waals surface area contributed by atoms with Crippen LogP contribution in [0.5, 0.6) is 0 Å². The first-order valence-corrected chi connectivity index (χ1v) is 6.41. The number of hydrogen-bond donors (Lipinski definition) is 3. The van der Waals surface area contributed by atoms with E-state index in [9.17, 15) is 4.79 Å². The lowest BCUT2D eigenvalue weighted by atomic mass is 10.2. The van der Waals surface area contributed by atoms with Crippen LogP contribution in [0.1, 0.15) is 44.9 Å². The maximum Gasteiger partial charge on any atom is 0.119 e. The van der Waals surface area contributed by atoms with Crippen LogP contribution in [0.15, 0.2) is 0 Å². The fourth-order valence-electron chi connectivity index (χ4n) is 0.982. The van der Waals surface area contributed by atoms with Crippen molar-refractivity contribution in [1.29, 1.82) is 0 Å². The molecule has 0 heterocycles. The molecule has 0 bridgehead atoms. The van der Waals surface area contributed by atoms with Gasteiger partial charge in [-0.05, 0) is 44.5 Å². The van der Waals surface area contributed by atoms with Gasteiger partial charge in [-0.15, -0.1) is 0 Å². The first-order chi connectivity index (χ1) is 7.33. The van der Waals surface area contributed by atoms with Crippen molar-refractivity contribution in [1.82, 2.24) is 0 Å². The molecule has 0 aliphatic heterocycles. The summed E-state index contributed by atoms with van der Waals surface area (Å²) in [4.78, 5) is 9.75. The summed E-state index contributed by atoms with van der Waals surface area (Å²) in [6.07, 6.45) is 8.43. The van der Waals surface area contributed by atoms with Gasteiger partial charge in [0, 0.05) is 6.42 Å². The summed E-state index contributed by atoms with van der Waals surface area (Å²) >= 11 is 4.03. The molecule has 15 heavy (non-hydrogen) atoms. The molecule has 0 aromatic carbocycles. The summed E-state index contributed by atoms with van der Waals surface area (Å²) in [6.45, 7) is 1.61.